The molecule has 3 heterocycles. The normalized spacial score (nSPS) is 17.0. The molecule has 12 heteroatoms. The van der Waals surface area contributed by atoms with Crippen molar-refractivity contribution < 1.29 is 37.9 Å². The molecule has 170 valence electrons. The van der Waals surface area contributed by atoms with Gasteiger partial charge in [0.15, 0.2) is 23.2 Å². The summed E-state index contributed by atoms with van der Waals surface area (Å²) in [6.45, 7) is 1.38. The zero-order valence-electron chi connectivity index (χ0n) is 17.0. The van der Waals surface area contributed by atoms with Gasteiger partial charge in [-0.3, -0.25) is 19.4 Å². The number of primary amides is 1. The standard InChI is InChI=1S/C15H10F2N2O5.C6H6N2O/c1-6-11(20)8(4-7-2-3-9(16)10(17)5-7)14(21)19-12(6)18-13(24-19)15(22)23;7-6(9)5-1-3-8-4-2-5/h2-3,5,8H,4H2,1H3,(H,22,23);1-4H,(H2,7,9). The highest BCUT2D eigenvalue weighted by Gasteiger charge is 2.45. The van der Waals surface area contributed by atoms with Gasteiger partial charge in [-0.1, -0.05) is 6.07 Å². The number of nitrogens with zero attached hydrogens (tertiary/aromatic N) is 3. The Labute approximate surface area is 184 Å². The van der Waals surface area contributed by atoms with Crippen LogP contribution in [0.2, 0.25) is 0 Å². The Hall–Kier alpha value is -4.48. The molecule has 0 saturated heterocycles. The molecular weight excluding hydrogens is 442 g/mol. The lowest BCUT2D eigenvalue weighted by Crippen LogP contribution is -2.43. The zero-order valence-corrected chi connectivity index (χ0v) is 17.0. The molecule has 33 heavy (non-hydrogen) atoms. The minimum Gasteiger partial charge on any atom is -0.474 e. The third kappa shape index (κ3) is 4.89. The number of aliphatic imine (C=N–C) groups is 1. The third-order valence-corrected chi connectivity index (χ3v) is 4.67. The van der Waals surface area contributed by atoms with Gasteiger partial charge in [-0.25, -0.2) is 13.6 Å². The molecule has 2 aliphatic rings. The lowest BCUT2D eigenvalue weighted by atomic mass is 9.88. The predicted octanol–water partition coefficient (Wildman–Crippen LogP) is 1.38. The molecule has 2 aromatic rings. The number of hydrogen-bond acceptors (Lipinski definition) is 7. The van der Waals surface area contributed by atoms with Crippen LogP contribution in [-0.2, 0) is 25.6 Å². The van der Waals surface area contributed by atoms with Gasteiger partial charge in [0.25, 0.3) is 5.91 Å². The molecular formula is C21H16F2N4O6. The molecule has 0 saturated carbocycles. The number of carboxylic acids is 1. The zero-order chi connectivity index (χ0) is 24.3. The number of ketones is 1. The SMILES string of the molecule is CC1=C2N=C(C(=O)O)ON2C(=O)C(Cc2ccc(F)c(F)c2)C1=O.NC(=O)c1ccncc1. The second-order valence-corrected chi connectivity index (χ2v) is 6.86. The number of aliphatic carboxylic acids is 1. The molecule has 2 amide bonds. The smallest absolute Gasteiger partial charge is 0.394 e. The van der Waals surface area contributed by atoms with Crippen LogP contribution in [0.4, 0.5) is 8.78 Å². The molecule has 0 bridgehead atoms. The quantitative estimate of drug-likeness (QED) is 0.657. The number of carbonyl (C=O) groups is 4. The van der Waals surface area contributed by atoms with Gasteiger partial charge in [-0.2, -0.15) is 4.99 Å². The second-order valence-electron chi connectivity index (χ2n) is 6.86. The van der Waals surface area contributed by atoms with Gasteiger partial charge in [0.1, 0.15) is 5.92 Å². The summed E-state index contributed by atoms with van der Waals surface area (Å²) in [4.78, 5) is 58.2. The minimum absolute atomic E-state index is 0.0541. The number of hydroxylamine groups is 2. The summed E-state index contributed by atoms with van der Waals surface area (Å²) in [5.74, 6) is -7.56. The predicted molar refractivity (Wildman–Crippen MR) is 107 cm³/mol. The Morgan fingerprint density at radius 1 is 1.15 bits per heavy atom. The molecule has 0 spiro atoms. The van der Waals surface area contributed by atoms with Crippen molar-refractivity contribution in [2.75, 3.05) is 0 Å². The molecule has 2 aliphatic heterocycles. The Morgan fingerprint density at radius 3 is 2.36 bits per heavy atom. The van der Waals surface area contributed by atoms with Crippen LogP contribution in [0.1, 0.15) is 22.8 Å². The van der Waals surface area contributed by atoms with Crippen LogP contribution < -0.4 is 5.73 Å². The van der Waals surface area contributed by atoms with Crippen LogP contribution in [0, 0.1) is 17.6 Å². The number of hydrogen-bond donors (Lipinski definition) is 2. The number of aromatic nitrogens is 1. The van der Waals surface area contributed by atoms with E-state index in [9.17, 15) is 28.0 Å². The molecule has 10 nitrogen and oxygen atoms in total. The molecule has 1 aromatic heterocycles. The van der Waals surface area contributed by atoms with E-state index >= 15 is 0 Å². The van der Waals surface area contributed by atoms with E-state index in [1.807, 2.05) is 0 Å². The highest BCUT2D eigenvalue weighted by Crippen LogP contribution is 2.31. The molecule has 0 aliphatic carbocycles. The van der Waals surface area contributed by atoms with Gasteiger partial charge < -0.3 is 15.7 Å². The fourth-order valence-electron chi connectivity index (χ4n) is 2.99. The minimum atomic E-state index is -1.48. The number of Topliss-reactive ketones (excluding diaryl/α,β-unsaturated/α-hetero) is 1. The molecule has 0 fully saturated rings. The van der Waals surface area contributed by atoms with Crippen molar-refractivity contribution in [3.05, 3.63) is 76.9 Å². The van der Waals surface area contributed by atoms with Crippen molar-refractivity contribution >= 4 is 29.5 Å². The molecule has 1 aromatic carbocycles. The fraction of sp³-hybridized carbons (Fsp3) is 0.143. The Balaban J connectivity index is 0.000000286. The Bertz CT molecular complexity index is 1210. The first kappa shape index (κ1) is 23.2. The average molecular weight is 458 g/mol. The van der Waals surface area contributed by atoms with Crippen LogP contribution in [0.15, 0.2) is 59.1 Å². The summed E-state index contributed by atoms with van der Waals surface area (Å²) in [7, 11) is 0. The summed E-state index contributed by atoms with van der Waals surface area (Å²) in [6.07, 6.45) is 2.88. The maximum Gasteiger partial charge on any atom is 0.394 e. The lowest BCUT2D eigenvalue weighted by Gasteiger charge is -2.26. The number of nitrogens with two attached hydrogens (primary N) is 1. The average Bonchev–Trinajstić information content (AvgIpc) is 3.25. The van der Waals surface area contributed by atoms with Crippen molar-refractivity contribution in [3.63, 3.8) is 0 Å². The van der Waals surface area contributed by atoms with E-state index in [4.69, 9.17) is 15.7 Å². The van der Waals surface area contributed by atoms with Gasteiger partial charge in [0, 0.05) is 23.5 Å². The van der Waals surface area contributed by atoms with Crippen LogP contribution in [0.5, 0.6) is 0 Å². The monoisotopic (exact) mass is 458 g/mol. The largest absolute Gasteiger partial charge is 0.474 e. The highest BCUT2D eigenvalue weighted by atomic mass is 19.2. The van der Waals surface area contributed by atoms with E-state index < -0.39 is 47.0 Å². The van der Waals surface area contributed by atoms with Crippen molar-refractivity contribution in [1.82, 2.24) is 10.0 Å². The Morgan fingerprint density at radius 2 is 1.82 bits per heavy atom. The van der Waals surface area contributed by atoms with E-state index in [0.717, 1.165) is 12.1 Å². The van der Waals surface area contributed by atoms with Crippen molar-refractivity contribution in [2.24, 2.45) is 16.6 Å². The third-order valence-electron chi connectivity index (χ3n) is 4.67. The van der Waals surface area contributed by atoms with Crippen molar-refractivity contribution in [2.45, 2.75) is 13.3 Å². The maximum absolute atomic E-state index is 13.3. The van der Waals surface area contributed by atoms with Gasteiger partial charge in [0.05, 0.1) is 0 Å². The number of rotatable bonds is 4. The van der Waals surface area contributed by atoms with E-state index in [-0.39, 0.29) is 23.4 Å². The summed E-state index contributed by atoms with van der Waals surface area (Å²) < 4.78 is 26.3. The second kappa shape index (κ2) is 9.34. The number of pyridine rings is 1. The van der Waals surface area contributed by atoms with E-state index in [0.29, 0.717) is 10.6 Å². The molecule has 1 atom stereocenters. The van der Waals surface area contributed by atoms with Crippen molar-refractivity contribution in [3.8, 4) is 0 Å². The van der Waals surface area contributed by atoms with E-state index in [1.54, 1.807) is 12.1 Å². The van der Waals surface area contributed by atoms with Gasteiger partial charge in [0.2, 0.25) is 5.91 Å². The molecule has 1 unspecified atom stereocenters. The van der Waals surface area contributed by atoms with Gasteiger partial charge in [-0.15, -0.1) is 5.06 Å². The van der Waals surface area contributed by atoms with E-state index in [1.165, 1.54) is 25.4 Å². The highest BCUT2D eigenvalue weighted by molar-refractivity contribution is 6.33. The van der Waals surface area contributed by atoms with Crippen LogP contribution in [-0.4, -0.2) is 44.6 Å². The number of allylic oxidation sites excluding steroid dienone is 1. The van der Waals surface area contributed by atoms with Crippen LogP contribution in [0.25, 0.3) is 0 Å². The first-order valence-corrected chi connectivity index (χ1v) is 9.33. The number of carbonyl (C=O) groups excluding carboxylic acids is 3. The Kier molecular flexibility index (Phi) is 6.56. The molecule has 0 radical (unpaired) electrons. The first-order chi connectivity index (χ1) is 15.6. The fourth-order valence-corrected chi connectivity index (χ4v) is 2.99. The number of halogens is 2. The number of benzene rings is 1. The van der Waals surface area contributed by atoms with Gasteiger partial charge in [-0.05, 0) is 43.2 Å². The van der Waals surface area contributed by atoms with E-state index in [2.05, 4.69) is 9.98 Å². The number of fused-ring (bicyclic) bond motifs is 1. The van der Waals surface area contributed by atoms with Crippen molar-refractivity contribution in [1.29, 1.82) is 0 Å². The lowest BCUT2D eigenvalue weighted by molar-refractivity contribution is -0.161. The molecule has 3 N–H and O–H groups in total. The summed E-state index contributed by atoms with van der Waals surface area (Å²) >= 11 is 0. The first-order valence-electron chi connectivity index (χ1n) is 9.33. The summed E-state index contributed by atoms with van der Waals surface area (Å²) in [5.41, 5.74) is 5.74. The maximum atomic E-state index is 13.3. The van der Waals surface area contributed by atoms with Crippen LogP contribution in [0.3, 0.4) is 0 Å². The summed E-state index contributed by atoms with van der Waals surface area (Å²) in [6, 6.07) is 6.20. The van der Waals surface area contributed by atoms with Gasteiger partial charge >= 0.3 is 11.9 Å². The molecule has 4 rings (SSSR count). The topological polar surface area (TPSA) is 152 Å². The number of amides is 2. The van der Waals surface area contributed by atoms with Crippen LogP contribution >= 0.6 is 0 Å². The number of carboxylic acid groups (broad SMARTS) is 1. The summed E-state index contributed by atoms with van der Waals surface area (Å²) in [5, 5.41) is 9.52.